The molecule has 0 aromatic heterocycles. The topological polar surface area (TPSA) is 47.6 Å². The van der Waals surface area contributed by atoms with Crippen LogP contribution < -0.4 is 14.8 Å². The highest BCUT2D eigenvalue weighted by Crippen LogP contribution is 2.24. The second kappa shape index (κ2) is 9.10. The van der Waals surface area contributed by atoms with Crippen LogP contribution in [0.2, 0.25) is 5.02 Å². The van der Waals surface area contributed by atoms with Gasteiger partial charge in [-0.2, -0.15) is 0 Å². The molecule has 0 fully saturated rings. The van der Waals surface area contributed by atoms with E-state index >= 15 is 0 Å². The summed E-state index contributed by atoms with van der Waals surface area (Å²) in [4.78, 5) is 12.4. The second-order valence-electron chi connectivity index (χ2n) is 5.91. The molecule has 3 rings (SSSR count). The van der Waals surface area contributed by atoms with E-state index in [1.165, 1.54) is 0 Å². The molecule has 0 heterocycles. The zero-order valence-corrected chi connectivity index (χ0v) is 15.7. The number of ether oxygens (including phenoxy) is 2. The lowest BCUT2D eigenvalue weighted by molar-refractivity contribution is 0.102. The molecule has 0 aliphatic rings. The minimum atomic E-state index is -0.191. The molecule has 0 aliphatic heterocycles. The molecule has 1 amide bonds. The third kappa shape index (κ3) is 5.50. The standard InChI is InChI=1S/C22H20ClNO3/c1-2-14-26-21-5-3-4-16(15-21)22(25)24-18-8-12-20(13-9-18)27-19-10-6-17(23)7-11-19/h3-13,15H,2,14H2,1H3,(H,24,25). The Morgan fingerprint density at radius 1 is 0.926 bits per heavy atom. The first-order valence-corrected chi connectivity index (χ1v) is 9.09. The fourth-order valence-corrected chi connectivity index (χ4v) is 2.52. The fourth-order valence-electron chi connectivity index (χ4n) is 2.40. The van der Waals surface area contributed by atoms with Crippen LogP contribution in [0, 0.1) is 0 Å². The van der Waals surface area contributed by atoms with Crippen molar-refractivity contribution in [2.45, 2.75) is 13.3 Å². The van der Waals surface area contributed by atoms with Gasteiger partial charge in [0.2, 0.25) is 0 Å². The van der Waals surface area contributed by atoms with E-state index in [1.807, 2.05) is 19.1 Å². The summed E-state index contributed by atoms with van der Waals surface area (Å²) >= 11 is 5.87. The van der Waals surface area contributed by atoms with Crippen LogP contribution in [0.25, 0.3) is 0 Å². The number of halogens is 1. The Morgan fingerprint density at radius 2 is 1.59 bits per heavy atom. The highest BCUT2D eigenvalue weighted by Gasteiger charge is 2.08. The van der Waals surface area contributed by atoms with E-state index < -0.39 is 0 Å². The quantitative estimate of drug-likeness (QED) is 0.532. The van der Waals surface area contributed by atoms with E-state index in [1.54, 1.807) is 60.7 Å². The normalized spacial score (nSPS) is 10.3. The van der Waals surface area contributed by atoms with Crippen molar-refractivity contribution in [1.82, 2.24) is 0 Å². The molecule has 0 saturated carbocycles. The molecule has 27 heavy (non-hydrogen) atoms. The van der Waals surface area contributed by atoms with Crippen LogP contribution in [0.1, 0.15) is 23.7 Å². The van der Waals surface area contributed by atoms with Crippen LogP contribution in [-0.4, -0.2) is 12.5 Å². The molecular weight excluding hydrogens is 362 g/mol. The number of nitrogens with one attached hydrogen (secondary N) is 1. The average Bonchev–Trinajstić information content (AvgIpc) is 2.70. The van der Waals surface area contributed by atoms with Gasteiger partial charge in [-0.05, 0) is 73.2 Å². The number of carbonyl (C=O) groups excluding carboxylic acids is 1. The van der Waals surface area contributed by atoms with Crippen molar-refractivity contribution in [3.8, 4) is 17.2 Å². The van der Waals surface area contributed by atoms with Crippen molar-refractivity contribution < 1.29 is 14.3 Å². The Balaban J connectivity index is 1.62. The summed E-state index contributed by atoms with van der Waals surface area (Å²) in [7, 11) is 0. The third-order valence-electron chi connectivity index (χ3n) is 3.73. The summed E-state index contributed by atoms with van der Waals surface area (Å²) in [6, 6.07) is 21.5. The zero-order valence-electron chi connectivity index (χ0n) is 14.9. The van der Waals surface area contributed by atoms with Crippen molar-refractivity contribution in [2.75, 3.05) is 11.9 Å². The second-order valence-corrected chi connectivity index (χ2v) is 6.35. The molecule has 0 aliphatic carbocycles. The summed E-state index contributed by atoms with van der Waals surface area (Å²) in [5.41, 5.74) is 1.23. The number of benzene rings is 3. The third-order valence-corrected chi connectivity index (χ3v) is 3.98. The monoisotopic (exact) mass is 381 g/mol. The summed E-state index contributed by atoms with van der Waals surface area (Å²) in [6.07, 6.45) is 0.918. The Hall–Kier alpha value is -2.98. The maximum Gasteiger partial charge on any atom is 0.255 e. The van der Waals surface area contributed by atoms with E-state index in [2.05, 4.69) is 5.32 Å². The lowest BCUT2D eigenvalue weighted by atomic mass is 10.2. The number of rotatable bonds is 7. The Morgan fingerprint density at radius 3 is 2.26 bits per heavy atom. The van der Waals surface area contributed by atoms with Crippen molar-refractivity contribution in [3.05, 3.63) is 83.4 Å². The maximum absolute atomic E-state index is 12.4. The van der Waals surface area contributed by atoms with Crippen LogP contribution in [0.4, 0.5) is 5.69 Å². The summed E-state index contributed by atoms with van der Waals surface area (Å²) in [6.45, 7) is 2.66. The molecule has 0 saturated heterocycles. The summed E-state index contributed by atoms with van der Waals surface area (Å²) in [5.74, 6) is 1.87. The van der Waals surface area contributed by atoms with Gasteiger partial charge in [-0.25, -0.2) is 0 Å². The fraction of sp³-hybridized carbons (Fsp3) is 0.136. The van der Waals surface area contributed by atoms with E-state index in [0.29, 0.717) is 40.1 Å². The van der Waals surface area contributed by atoms with Gasteiger partial charge in [0.25, 0.3) is 5.91 Å². The smallest absolute Gasteiger partial charge is 0.255 e. The van der Waals surface area contributed by atoms with Gasteiger partial charge >= 0.3 is 0 Å². The van der Waals surface area contributed by atoms with Gasteiger partial charge in [0.15, 0.2) is 0 Å². The predicted octanol–water partition coefficient (Wildman–Crippen LogP) is 6.17. The molecule has 4 nitrogen and oxygen atoms in total. The predicted molar refractivity (Wildman–Crippen MR) is 108 cm³/mol. The van der Waals surface area contributed by atoms with Crippen LogP contribution in [0.15, 0.2) is 72.8 Å². The zero-order chi connectivity index (χ0) is 19.1. The lowest BCUT2D eigenvalue weighted by Gasteiger charge is -2.09. The van der Waals surface area contributed by atoms with Crippen molar-refractivity contribution >= 4 is 23.2 Å². The first-order valence-electron chi connectivity index (χ1n) is 8.72. The molecule has 0 unspecified atom stereocenters. The van der Waals surface area contributed by atoms with Crippen LogP contribution in [-0.2, 0) is 0 Å². The Kier molecular flexibility index (Phi) is 6.34. The Labute approximate surface area is 163 Å². The van der Waals surface area contributed by atoms with Gasteiger partial charge in [-0.3, -0.25) is 4.79 Å². The van der Waals surface area contributed by atoms with Crippen molar-refractivity contribution in [2.24, 2.45) is 0 Å². The minimum absolute atomic E-state index is 0.191. The number of carbonyl (C=O) groups is 1. The SMILES string of the molecule is CCCOc1cccc(C(=O)Nc2ccc(Oc3ccc(Cl)cc3)cc2)c1. The average molecular weight is 382 g/mol. The van der Waals surface area contributed by atoms with Crippen molar-refractivity contribution in [1.29, 1.82) is 0 Å². The lowest BCUT2D eigenvalue weighted by Crippen LogP contribution is -2.12. The van der Waals surface area contributed by atoms with Gasteiger partial charge in [-0.15, -0.1) is 0 Å². The molecule has 0 radical (unpaired) electrons. The molecule has 1 N–H and O–H groups in total. The number of anilines is 1. The molecule has 3 aromatic carbocycles. The van der Waals surface area contributed by atoms with E-state index in [0.717, 1.165) is 6.42 Å². The Bertz CT molecular complexity index is 892. The van der Waals surface area contributed by atoms with E-state index in [9.17, 15) is 4.79 Å². The molecule has 0 bridgehead atoms. The van der Waals surface area contributed by atoms with Gasteiger partial charge in [-0.1, -0.05) is 24.6 Å². The van der Waals surface area contributed by atoms with Crippen molar-refractivity contribution in [3.63, 3.8) is 0 Å². The molecule has 3 aromatic rings. The molecule has 138 valence electrons. The van der Waals surface area contributed by atoms with Gasteiger partial charge in [0.05, 0.1) is 6.61 Å². The van der Waals surface area contributed by atoms with E-state index in [-0.39, 0.29) is 5.91 Å². The summed E-state index contributed by atoms with van der Waals surface area (Å²) < 4.78 is 11.3. The molecule has 5 heteroatoms. The van der Waals surface area contributed by atoms with Gasteiger partial charge in [0, 0.05) is 16.3 Å². The number of hydrogen-bond donors (Lipinski definition) is 1. The minimum Gasteiger partial charge on any atom is -0.494 e. The number of amides is 1. The molecule has 0 spiro atoms. The van der Waals surface area contributed by atoms with Crippen LogP contribution in [0.5, 0.6) is 17.2 Å². The van der Waals surface area contributed by atoms with Gasteiger partial charge < -0.3 is 14.8 Å². The highest BCUT2D eigenvalue weighted by molar-refractivity contribution is 6.30. The van der Waals surface area contributed by atoms with Crippen LogP contribution >= 0.6 is 11.6 Å². The first-order chi connectivity index (χ1) is 13.1. The summed E-state index contributed by atoms with van der Waals surface area (Å²) in [5, 5.41) is 3.53. The maximum atomic E-state index is 12.4. The molecule has 0 atom stereocenters. The van der Waals surface area contributed by atoms with E-state index in [4.69, 9.17) is 21.1 Å². The first kappa shape index (κ1) is 18.8. The largest absolute Gasteiger partial charge is 0.494 e. The molecular formula is C22H20ClNO3. The highest BCUT2D eigenvalue weighted by atomic mass is 35.5. The van der Waals surface area contributed by atoms with Gasteiger partial charge in [0.1, 0.15) is 17.2 Å². The van der Waals surface area contributed by atoms with Crippen LogP contribution in [0.3, 0.4) is 0 Å². The number of hydrogen-bond acceptors (Lipinski definition) is 3.